The van der Waals surface area contributed by atoms with Crippen LogP contribution in [-0.2, 0) is 0 Å². The van der Waals surface area contributed by atoms with Gasteiger partial charge in [-0.1, -0.05) is 0 Å². The number of nitrogens with one attached hydrogen (secondary N) is 2. The maximum absolute atomic E-state index is 11.4. The second-order valence-corrected chi connectivity index (χ2v) is 3.22. The van der Waals surface area contributed by atoms with Crippen molar-refractivity contribution in [2.45, 2.75) is 12.8 Å². The molecule has 7 heteroatoms. The average Bonchev–Trinajstić information content (AvgIpc) is 2.73. The number of hydrogen-bond donors (Lipinski definition) is 3. The number of carbonyl (C=O) groups excluding carboxylic acids is 1. The third-order valence-electron chi connectivity index (χ3n) is 1.99. The van der Waals surface area contributed by atoms with Crippen LogP contribution in [0.5, 0.6) is 0 Å². The van der Waals surface area contributed by atoms with E-state index in [1.165, 1.54) is 12.3 Å². The molecule has 0 bridgehead atoms. The van der Waals surface area contributed by atoms with E-state index < -0.39 is 4.92 Å². The molecule has 0 saturated carbocycles. The molecule has 1 rings (SSSR count). The quantitative estimate of drug-likeness (QED) is 0.372. The summed E-state index contributed by atoms with van der Waals surface area (Å²) in [4.78, 5) is 23.7. The Morgan fingerprint density at radius 2 is 2.31 bits per heavy atom. The lowest BCUT2D eigenvalue weighted by atomic mass is 10.3. The molecule has 1 heterocycles. The van der Waals surface area contributed by atoms with E-state index in [0.29, 0.717) is 19.4 Å². The molecular weight excluding hydrogens is 214 g/mol. The first-order valence-corrected chi connectivity index (χ1v) is 4.87. The number of unbranched alkanes of at least 4 members (excludes halogenated alkanes) is 1. The average molecular weight is 227 g/mol. The SMILES string of the molecule is O=C(NCCCCO)c1cc([N+](=O)[O-])c[nH]1. The van der Waals surface area contributed by atoms with Crippen LogP contribution in [-0.4, -0.2) is 34.1 Å². The summed E-state index contributed by atoms with van der Waals surface area (Å²) in [6.07, 6.45) is 2.46. The highest BCUT2D eigenvalue weighted by molar-refractivity contribution is 5.93. The third-order valence-corrected chi connectivity index (χ3v) is 1.99. The minimum absolute atomic E-state index is 0.0871. The molecule has 1 aromatic rings. The van der Waals surface area contributed by atoms with Crippen LogP contribution in [0.15, 0.2) is 12.3 Å². The van der Waals surface area contributed by atoms with Gasteiger partial charge in [0, 0.05) is 19.2 Å². The summed E-state index contributed by atoms with van der Waals surface area (Å²) in [6, 6.07) is 1.18. The molecule has 0 aliphatic carbocycles. The minimum Gasteiger partial charge on any atom is -0.396 e. The summed E-state index contributed by atoms with van der Waals surface area (Å²) in [5.41, 5.74) is 0.0243. The first-order valence-electron chi connectivity index (χ1n) is 4.87. The Bertz CT molecular complexity index is 375. The Morgan fingerprint density at radius 1 is 1.56 bits per heavy atom. The fourth-order valence-electron chi connectivity index (χ4n) is 1.15. The number of hydrogen-bond acceptors (Lipinski definition) is 4. The van der Waals surface area contributed by atoms with Gasteiger partial charge >= 0.3 is 0 Å². The van der Waals surface area contributed by atoms with Gasteiger partial charge in [0.25, 0.3) is 11.6 Å². The maximum Gasteiger partial charge on any atom is 0.287 e. The van der Waals surface area contributed by atoms with Crippen LogP contribution < -0.4 is 5.32 Å². The Balaban J connectivity index is 2.43. The van der Waals surface area contributed by atoms with E-state index in [9.17, 15) is 14.9 Å². The molecule has 1 aromatic heterocycles. The highest BCUT2D eigenvalue weighted by atomic mass is 16.6. The fourth-order valence-corrected chi connectivity index (χ4v) is 1.15. The van der Waals surface area contributed by atoms with E-state index in [-0.39, 0.29) is 23.9 Å². The van der Waals surface area contributed by atoms with Gasteiger partial charge in [-0.3, -0.25) is 14.9 Å². The van der Waals surface area contributed by atoms with E-state index in [2.05, 4.69) is 10.3 Å². The molecule has 0 unspecified atom stereocenters. The van der Waals surface area contributed by atoms with Crippen molar-refractivity contribution in [2.24, 2.45) is 0 Å². The van der Waals surface area contributed by atoms with Crippen LogP contribution in [0.25, 0.3) is 0 Å². The predicted octanol–water partition coefficient (Wildman–Crippen LogP) is 0.425. The Kier molecular flexibility index (Phi) is 4.46. The first-order chi connectivity index (χ1) is 7.65. The molecule has 0 aliphatic heterocycles. The number of aliphatic hydroxyl groups is 1. The minimum atomic E-state index is -0.570. The van der Waals surface area contributed by atoms with Gasteiger partial charge in [-0.15, -0.1) is 0 Å². The third kappa shape index (κ3) is 3.35. The standard InChI is InChI=1S/C9H13N3O4/c13-4-2-1-3-10-9(14)8-5-7(6-11-8)12(15)16/h5-6,11,13H,1-4H2,(H,10,14). The number of aromatic amines is 1. The molecule has 0 aromatic carbocycles. The van der Waals surface area contributed by atoms with E-state index in [1.807, 2.05) is 0 Å². The molecule has 16 heavy (non-hydrogen) atoms. The second kappa shape index (κ2) is 5.86. The van der Waals surface area contributed by atoms with Crippen molar-refractivity contribution in [3.8, 4) is 0 Å². The first kappa shape index (κ1) is 12.2. The van der Waals surface area contributed by atoms with Gasteiger partial charge in [0.05, 0.1) is 11.1 Å². The largest absolute Gasteiger partial charge is 0.396 e. The molecule has 0 saturated heterocycles. The van der Waals surface area contributed by atoms with Gasteiger partial charge in [0.1, 0.15) is 5.69 Å². The topological polar surface area (TPSA) is 108 Å². The van der Waals surface area contributed by atoms with Crippen LogP contribution in [0.4, 0.5) is 5.69 Å². The van der Waals surface area contributed by atoms with Crippen molar-refractivity contribution in [1.29, 1.82) is 0 Å². The zero-order chi connectivity index (χ0) is 12.0. The summed E-state index contributed by atoms with van der Waals surface area (Å²) in [5.74, 6) is -0.383. The highest BCUT2D eigenvalue weighted by Crippen LogP contribution is 2.11. The van der Waals surface area contributed by atoms with E-state index >= 15 is 0 Å². The van der Waals surface area contributed by atoms with Gasteiger partial charge in [-0.25, -0.2) is 0 Å². The molecule has 0 aliphatic rings. The molecule has 1 amide bonds. The molecule has 0 atom stereocenters. The van der Waals surface area contributed by atoms with Crippen LogP contribution in [0.2, 0.25) is 0 Å². The summed E-state index contributed by atoms with van der Waals surface area (Å²) >= 11 is 0. The number of carbonyl (C=O) groups is 1. The lowest BCUT2D eigenvalue weighted by Gasteiger charge is -2.01. The van der Waals surface area contributed by atoms with E-state index in [4.69, 9.17) is 5.11 Å². The van der Waals surface area contributed by atoms with Gasteiger partial charge in [-0.2, -0.15) is 0 Å². The molecule has 0 fully saturated rings. The van der Waals surface area contributed by atoms with Gasteiger partial charge in [0.2, 0.25) is 0 Å². The van der Waals surface area contributed by atoms with Gasteiger partial charge < -0.3 is 15.4 Å². The van der Waals surface area contributed by atoms with Crippen LogP contribution in [0, 0.1) is 10.1 Å². The Hall–Kier alpha value is -1.89. The highest BCUT2D eigenvalue weighted by Gasteiger charge is 2.13. The van der Waals surface area contributed by atoms with Gasteiger partial charge in [-0.05, 0) is 12.8 Å². The van der Waals surface area contributed by atoms with Crippen molar-refractivity contribution < 1.29 is 14.8 Å². The number of aromatic nitrogens is 1. The Morgan fingerprint density at radius 3 is 2.88 bits per heavy atom. The van der Waals surface area contributed by atoms with Crippen molar-refractivity contribution in [1.82, 2.24) is 10.3 Å². The van der Waals surface area contributed by atoms with Gasteiger partial charge in [0.15, 0.2) is 0 Å². The number of amides is 1. The predicted molar refractivity (Wildman–Crippen MR) is 56.1 cm³/mol. The number of nitro groups is 1. The van der Waals surface area contributed by atoms with E-state index in [0.717, 1.165) is 0 Å². The molecular formula is C9H13N3O4. The van der Waals surface area contributed by atoms with Crippen molar-refractivity contribution in [3.63, 3.8) is 0 Å². The monoisotopic (exact) mass is 227 g/mol. The lowest BCUT2D eigenvalue weighted by molar-refractivity contribution is -0.384. The fraction of sp³-hybridized carbons (Fsp3) is 0.444. The molecule has 0 spiro atoms. The number of aliphatic hydroxyl groups excluding tert-OH is 1. The number of rotatable bonds is 6. The van der Waals surface area contributed by atoms with Crippen molar-refractivity contribution >= 4 is 11.6 Å². The molecule has 88 valence electrons. The second-order valence-electron chi connectivity index (χ2n) is 3.22. The molecule has 3 N–H and O–H groups in total. The lowest BCUT2D eigenvalue weighted by Crippen LogP contribution is -2.24. The maximum atomic E-state index is 11.4. The molecule has 0 radical (unpaired) electrons. The zero-order valence-corrected chi connectivity index (χ0v) is 8.60. The van der Waals surface area contributed by atoms with Crippen LogP contribution in [0.3, 0.4) is 0 Å². The van der Waals surface area contributed by atoms with Crippen molar-refractivity contribution in [2.75, 3.05) is 13.2 Å². The Labute approximate surface area is 91.6 Å². The molecule has 7 nitrogen and oxygen atoms in total. The van der Waals surface area contributed by atoms with Crippen LogP contribution >= 0.6 is 0 Å². The van der Waals surface area contributed by atoms with E-state index in [1.54, 1.807) is 0 Å². The van der Waals surface area contributed by atoms with Crippen molar-refractivity contribution in [3.05, 3.63) is 28.1 Å². The number of H-pyrrole nitrogens is 1. The smallest absolute Gasteiger partial charge is 0.287 e. The number of nitrogens with zero attached hydrogens (tertiary/aromatic N) is 1. The van der Waals surface area contributed by atoms with Crippen LogP contribution in [0.1, 0.15) is 23.3 Å². The summed E-state index contributed by atoms with van der Waals surface area (Å²) in [6.45, 7) is 0.524. The zero-order valence-electron chi connectivity index (χ0n) is 8.60. The summed E-state index contributed by atoms with van der Waals surface area (Å²) in [7, 11) is 0. The summed E-state index contributed by atoms with van der Waals surface area (Å²) < 4.78 is 0. The summed E-state index contributed by atoms with van der Waals surface area (Å²) in [5, 5.41) is 21.5. The normalized spacial score (nSPS) is 10.1.